The van der Waals surface area contributed by atoms with Crippen molar-refractivity contribution in [2.24, 2.45) is 11.7 Å². The van der Waals surface area contributed by atoms with E-state index >= 15 is 0 Å². The van der Waals surface area contributed by atoms with Crippen molar-refractivity contribution in [3.05, 3.63) is 35.9 Å². The Hall–Kier alpha value is -1.39. The molecule has 1 amide bonds. The molecular formula is C17H25N3O. The van der Waals surface area contributed by atoms with Crippen LogP contribution in [0.25, 0.3) is 0 Å². The molecule has 0 aromatic heterocycles. The molecule has 3 rings (SSSR count). The maximum absolute atomic E-state index is 12.3. The fraction of sp³-hybridized carbons (Fsp3) is 0.588. The van der Waals surface area contributed by atoms with Gasteiger partial charge in [-0.05, 0) is 24.3 Å². The minimum atomic E-state index is 0.119. The van der Waals surface area contributed by atoms with E-state index in [4.69, 9.17) is 5.73 Å². The van der Waals surface area contributed by atoms with Crippen LogP contribution in [0.2, 0.25) is 0 Å². The van der Waals surface area contributed by atoms with E-state index in [2.05, 4.69) is 29.2 Å². The number of benzene rings is 1. The molecule has 1 heterocycles. The van der Waals surface area contributed by atoms with Crippen LogP contribution in [0.3, 0.4) is 0 Å². The molecule has 21 heavy (non-hydrogen) atoms. The lowest BCUT2D eigenvalue weighted by molar-refractivity contribution is -0.131. The number of carbonyl (C=O) groups is 1. The van der Waals surface area contributed by atoms with Gasteiger partial charge < -0.3 is 10.6 Å². The number of nitrogens with two attached hydrogens (primary N) is 1. The third-order valence-corrected chi connectivity index (χ3v) is 4.68. The number of hydrogen-bond acceptors (Lipinski definition) is 3. The first-order chi connectivity index (χ1) is 10.1. The third-order valence-electron chi connectivity index (χ3n) is 4.68. The molecule has 1 aromatic carbocycles. The minimum absolute atomic E-state index is 0.119. The standard InChI is InChI=1S/C17H25N3O/c1-19(9-13-7-8-13)17(21)12-20-10-15(16(18)11-20)14-5-3-2-4-6-14/h2-6,13,15-16H,7-12,18H2,1H3/t15-,16+/m0/s1. The van der Waals surface area contributed by atoms with E-state index in [0.717, 1.165) is 25.6 Å². The van der Waals surface area contributed by atoms with Gasteiger partial charge >= 0.3 is 0 Å². The van der Waals surface area contributed by atoms with Crippen LogP contribution in [0.15, 0.2) is 30.3 Å². The van der Waals surface area contributed by atoms with Gasteiger partial charge in [-0.3, -0.25) is 9.69 Å². The van der Waals surface area contributed by atoms with Crippen LogP contribution in [0, 0.1) is 5.92 Å². The van der Waals surface area contributed by atoms with Crippen molar-refractivity contribution in [3.8, 4) is 0 Å². The molecule has 114 valence electrons. The fourth-order valence-electron chi connectivity index (χ4n) is 3.20. The van der Waals surface area contributed by atoms with Crippen molar-refractivity contribution < 1.29 is 4.79 Å². The van der Waals surface area contributed by atoms with Gasteiger partial charge in [0.25, 0.3) is 0 Å². The summed E-state index contributed by atoms with van der Waals surface area (Å²) in [6, 6.07) is 10.5. The second-order valence-corrected chi connectivity index (χ2v) is 6.59. The molecule has 2 atom stereocenters. The maximum Gasteiger partial charge on any atom is 0.236 e. The average molecular weight is 287 g/mol. The van der Waals surface area contributed by atoms with E-state index in [0.29, 0.717) is 12.5 Å². The molecule has 2 aliphatic rings. The lowest BCUT2D eigenvalue weighted by Gasteiger charge is -2.21. The van der Waals surface area contributed by atoms with Crippen molar-refractivity contribution >= 4 is 5.91 Å². The highest BCUT2D eigenvalue weighted by Gasteiger charge is 2.33. The molecule has 0 spiro atoms. The van der Waals surface area contributed by atoms with E-state index in [1.807, 2.05) is 18.0 Å². The van der Waals surface area contributed by atoms with Crippen molar-refractivity contribution in [2.75, 3.05) is 33.2 Å². The van der Waals surface area contributed by atoms with Crippen molar-refractivity contribution in [2.45, 2.75) is 24.8 Å². The molecule has 1 aromatic rings. The van der Waals surface area contributed by atoms with E-state index in [1.165, 1.54) is 18.4 Å². The molecule has 1 aliphatic heterocycles. The van der Waals surface area contributed by atoms with Gasteiger partial charge in [-0.1, -0.05) is 30.3 Å². The van der Waals surface area contributed by atoms with Gasteiger partial charge in [0.2, 0.25) is 5.91 Å². The highest BCUT2D eigenvalue weighted by Crippen LogP contribution is 2.29. The molecule has 4 heteroatoms. The first-order valence-electron chi connectivity index (χ1n) is 7.90. The highest BCUT2D eigenvalue weighted by atomic mass is 16.2. The Morgan fingerprint density at radius 2 is 2.00 bits per heavy atom. The number of nitrogens with zero attached hydrogens (tertiary/aromatic N) is 2. The van der Waals surface area contributed by atoms with E-state index in [-0.39, 0.29) is 11.9 Å². The zero-order valence-corrected chi connectivity index (χ0v) is 12.7. The third kappa shape index (κ3) is 3.63. The Morgan fingerprint density at radius 3 is 2.67 bits per heavy atom. The SMILES string of the molecule is CN(CC1CC1)C(=O)CN1C[C@@H](N)[C@H](c2ccccc2)C1. The minimum Gasteiger partial charge on any atom is -0.344 e. The van der Waals surface area contributed by atoms with E-state index < -0.39 is 0 Å². The van der Waals surface area contributed by atoms with Crippen LogP contribution >= 0.6 is 0 Å². The predicted molar refractivity (Wildman–Crippen MR) is 84.0 cm³/mol. The van der Waals surface area contributed by atoms with E-state index in [1.54, 1.807) is 0 Å². The van der Waals surface area contributed by atoms with Crippen LogP contribution in [0.5, 0.6) is 0 Å². The molecular weight excluding hydrogens is 262 g/mol. The molecule has 1 saturated carbocycles. The number of rotatable bonds is 5. The molecule has 0 radical (unpaired) electrons. The Kier molecular flexibility index (Phi) is 4.27. The summed E-state index contributed by atoms with van der Waals surface area (Å²) in [5.41, 5.74) is 7.56. The van der Waals surface area contributed by atoms with Crippen LogP contribution in [0.4, 0.5) is 0 Å². The number of likely N-dealkylation sites (N-methyl/N-ethyl adjacent to an activating group) is 1. The Labute approximate surface area is 126 Å². The van der Waals surface area contributed by atoms with Gasteiger partial charge in [0.1, 0.15) is 0 Å². The van der Waals surface area contributed by atoms with Crippen molar-refractivity contribution in [1.82, 2.24) is 9.80 Å². The van der Waals surface area contributed by atoms with Crippen LogP contribution in [-0.4, -0.2) is 55.0 Å². The summed E-state index contributed by atoms with van der Waals surface area (Å²) in [5, 5.41) is 0. The van der Waals surface area contributed by atoms with Gasteiger partial charge in [-0.25, -0.2) is 0 Å². The summed E-state index contributed by atoms with van der Waals surface area (Å²) in [6.45, 7) is 3.11. The lowest BCUT2D eigenvalue weighted by Crippen LogP contribution is -2.39. The maximum atomic E-state index is 12.3. The smallest absolute Gasteiger partial charge is 0.236 e. The largest absolute Gasteiger partial charge is 0.344 e. The lowest BCUT2D eigenvalue weighted by atomic mass is 9.95. The quantitative estimate of drug-likeness (QED) is 0.887. The molecule has 1 aliphatic carbocycles. The molecule has 0 unspecified atom stereocenters. The first-order valence-corrected chi connectivity index (χ1v) is 7.90. The van der Waals surface area contributed by atoms with Gasteiger partial charge in [-0.2, -0.15) is 0 Å². The summed E-state index contributed by atoms with van der Waals surface area (Å²) in [7, 11) is 1.92. The summed E-state index contributed by atoms with van der Waals surface area (Å²) in [4.78, 5) is 16.3. The topological polar surface area (TPSA) is 49.6 Å². The molecule has 2 fully saturated rings. The predicted octanol–water partition coefficient (Wildman–Crippen LogP) is 1.28. The molecule has 1 saturated heterocycles. The summed E-state index contributed by atoms with van der Waals surface area (Å²) in [6.07, 6.45) is 2.56. The Morgan fingerprint density at radius 1 is 1.29 bits per heavy atom. The molecule has 2 N–H and O–H groups in total. The van der Waals surface area contributed by atoms with Crippen LogP contribution in [0.1, 0.15) is 24.3 Å². The number of hydrogen-bond donors (Lipinski definition) is 1. The zero-order chi connectivity index (χ0) is 14.8. The van der Waals surface area contributed by atoms with Crippen LogP contribution in [-0.2, 0) is 4.79 Å². The fourth-order valence-corrected chi connectivity index (χ4v) is 3.20. The molecule has 0 bridgehead atoms. The number of amides is 1. The van der Waals surface area contributed by atoms with Crippen LogP contribution < -0.4 is 5.73 Å². The van der Waals surface area contributed by atoms with Crippen molar-refractivity contribution in [1.29, 1.82) is 0 Å². The Balaban J connectivity index is 1.54. The summed E-state index contributed by atoms with van der Waals surface area (Å²) in [5.74, 6) is 1.31. The Bertz CT molecular complexity index is 486. The second kappa shape index (κ2) is 6.16. The molecule has 4 nitrogen and oxygen atoms in total. The zero-order valence-electron chi connectivity index (χ0n) is 12.7. The number of likely N-dealkylation sites (tertiary alicyclic amines) is 1. The normalized spacial score (nSPS) is 26.0. The summed E-state index contributed by atoms with van der Waals surface area (Å²) < 4.78 is 0. The number of carbonyl (C=O) groups excluding carboxylic acids is 1. The van der Waals surface area contributed by atoms with Gasteiger partial charge in [0.15, 0.2) is 0 Å². The first kappa shape index (κ1) is 14.5. The monoisotopic (exact) mass is 287 g/mol. The van der Waals surface area contributed by atoms with Gasteiger partial charge in [0.05, 0.1) is 6.54 Å². The van der Waals surface area contributed by atoms with Crippen molar-refractivity contribution in [3.63, 3.8) is 0 Å². The second-order valence-electron chi connectivity index (χ2n) is 6.59. The summed E-state index contributed by atoms with van der Waals surface area (Å²) >= 11 is 0. The highest BCUT2D eigenvalue weighted by molar-refractivity contribution is 5.78. The van der Waals surface area contributed by atoms with Gasteiger partial charge in [0, 0.05) is 38.6 Å². The average Bonchev–Trinajstić information content (AvgIpc) is 3.22. The van der Waals surface area contributed by atoms with Gasteiger partial charge in [-0.15, -0.1) is 0 Å². The van der Waals surface area contributed by atoms with E-state index in [9.17, 15) is 4.79 Å².